The van der Waals surface area contributed by atoms with Gasteiger partial charge in [-0.1, -0.05) is 48.0 Å². The van der Waals surface area contributed by atoms with Gasteiger partial charge in [0, 0.05) is 17.5 Å². The van der Waals surface area contributed by atoms with E-state index in [0.717, 1.165) is 11.1 Å². The van der Waals surface area contributed by atoms with Crippen LogP contribution < -0.4 is 0 Å². The van der Waals surface area contributed by atoms with Gasteiger partial charge in [0.25, 0.3) is 5.91 Å². The summed E-state index contributed by atoms with van der Waals surface area (Å²) in [7, 11) is 1.26. The van der Waals surface area contributed by atoms with Gasteiger partial charge in [0.05, 0.1) is 7.11 Å². The van der Waals surface area contributed by atoms with Crippen molar-refractivity contribution in [2.75, 3.05) is 13.7 Å². The van der Waals surface area contributed by atoms with Crippen molar-refractivity contribution in [1.29, 1.82) is 0 Å². The summed E-state index contributed by atoms with van der Waals surface area (Å²) in [6.45, 7) is 1.68. The number of hydrogen-bond donors (Lipinski definition) is 1. The third-order valence-corrected chi connectivity index (χ3v) is 4.37. The van der Waals surface area contributed by atoms with Gasteiger partial charge >= 0.3 is 5.97 Å². The monoisotopic (exact) mass is 325 g/mol. The first-order chi connectivity index (χ1) is 11.5. The number of carbonyl (C=O) groups is 2. The highest BCUT2D eigenvalue weighted by Gasteiger charge is 2.49. The first-order valence-electron chi connectivity index (χ1n) is 7.72. The van der Waals surface area contributed by atoms with Crippen LogP contribution in [-0.4, -0.2) is 35.5 Å². The Kier molecular flexibility index (Phi) is 4.11. The van der Waals surface area contributed by atoms with Crippen molar-refractivity contribution in [3.05, 3.63) is 70.8 Å². The molecule has 124 valence electrons. The Morgan fingerprint density at radius 1 is 1.17 bits per heavy atom. The summed E-state index contributed by atoms with van der Waals surface area (Å²) in [5.41, 5.74) is 1.34. The van der Waals surface area contributed by atoms with E-state index in [-0.39, 0.29) is 18.9 Å². The van der Waals surface area contributed by atoms with Gasteiger partial charge in [0.1, 0.15) is 6.54 Å². The number of aliphatic hydroxyl groups is 1. The lowest BCUT2D eigenvalue weighted by molar-refractivity contribution is -0.149. The van der Waals surface area contributed by atoms with Crippen molar-refractivity contribution in [1.82, 2.24) is 4.90 Å². The van der Waals surface area contributed by atoms with Crippen molar-refractivity contribution < 1.29 is 19.4 Å². The van der Waals surface area contributed by atoms with E-state index in [1.54, 1.807) is 24.3 Å². The van der Waals surface area contributed by atoms with Gasteiger partial charge in [-0.05, 0) is 18.6 Å². The molecule has 2 aromatic rings. The normalized spacial score (nSPS) is 19.3. The SMILES string of the molecule is COC(=O)CN1C(=O)c2ccccc2C1(O)Cc1ccc(C)cc1. The van der Waals surface area contributed by atoms with Gasteiger partial charge in [0.15, 0.2) is 5.72 Å². The maximum absolute atomic E-state index is 12.7. The molecule has 2 aromatic carbocycles. The van der Waals surface area contributed by atoms with Crippen LogP contribution in [0.5, 0.6) is 0 Å². The van der Waals surface area contributed by atoms with Crippen LogP contribution in [0.4, 0.5) is 0 Å². The third-order valence-electron chi connectivity index (χ3n) is 4.37. The molecule has 0 saturated carbocycles. The summed E-state index contributed by atoms with van der Waals surface area (Å²) < 4.78 is 4.67. The molecular weight excluding hydrogens is 306 g/mol. The zero-order chi connectivity index (χ0) is 17.3. The Bertz CT molecular complexity index is 784. The minimum Gasteiger partial charge on any atom is -0.468 e. The van der Waals surface area contributed by atoms with Crippen LogP contribution in [0.1, 0.15) is 27.0 Å². The van der Waals surface area contributed by atoms with Crippen LogP contribution in [0.25, 0.3) is 0 Å². The number of rotatable bonds is 4. The molecule has 0 radical (unpaired) electrons. The van der Waals surface area contributed by atoms with Gasteiger partial charge in [-0.2, -0.15) is 0 Å². The maximum Gasteiger partial charge on any atom is 0.325 e. The molecule has 0 saturated heterocycles. The van der Waals surface area contributed by atoms with Crippen molar-refractivity contribution in [2.24, 2.45) is 0 Å². The summed E-state index contributed by atoms with van der Waals surface area (Å²) >= 11 is 0. The summed E-state index contributed by atoms with van der Waals surface area (Å²) in [6, 6.07) is 14.6. The van der Waals surface area contributed by atoms with Crippen LogP contribution in [-0.2, 0) is 21.7 Å². The standard InChI is InChI=1S/C19H19NO4/c1-13-7-9-14(10-8-13)11-19(23)16-6-4-3-5-15(16)18(22)20(19)12-17(21)24-2/h3-10,23H,11-12H2,1-2H3. The molecule has 0 fully saturated rings. The first-order valence-corrected chi connectivity index (χ1v) is 7.72. The van der Waals surface area contributed by atoms with Gasteiger partial charge in [-0.15, -0.1) is 0 Å². The predicted molar refractivity (Wildman–Crippen MR) is 88.3 cm³/mol. The summed E-state index contributed by atoms with van der Waals surface area (Å²) in [5.74, 6) is -0.941. The Labute approximate surface area is 140 Å². The average Bonchev–Trinajstić information content (AvgIpc) is 2.79. The molecule has 1 aliphatic rings. The van der Waals surface area contributed by atoms with Crippen molar-refractivity contribution in [3.8, 4) is 0 Å². The van der Waals surface area contributed by atoms with E-state index < -0.39 is 11.7 Å². The van der Waals surface area contributed by atoms with E-state index in [0.29, 0.717) is 11.1 Å². The van der Waals surface area contributed by atoms with E-state index in [1.165, 1.54) is 12.0 Å². The number of esters is 1. The number of hydrogen-bond acceptors (Lipinski definition) is 4. The van der Waals surface area contributed by atoms with Crippen molar-refractivity contribution in [3.63, 3.8) is 0 Å². The third kappa shape index (κ3) is 2.67. The molecule has 1 N–H and O–H groups in total. The second-order valence-electron chi connectivity index (χ2n) is 5.99. The molecule has 0 aliphatic carbocycles. The molecule has 5 nitrogen and oxygen atoms in total. The molecular formula is C19H19NO4. The Hall–Kier alpha value is -2.66. The minimum atomic E-state index is -1.57. The highest BCUT2D eigenvalue weighted by atomic mass is 16.5. The molecule has 24 heavy (non-hydrogen) atoms. The molecule has 1 aliphatic heterocycles. The van der Waals surface area contributed by atoms with Gasteiger partial charge in [0.2, 0.25) is 0 Å². The molecule has 0 aromatic heterocycles. The number of nitrogens with zero attached hydrogens (tertiary/aromatic N) is 1. The second-order valence-corrected chi connectivity index (χ2v) is 5.99. The Balaban J connectivity index is 2.03. The fraction of sp³-hybridized carbons (Fsp3) is 0.263. The van der Waals surface area contributed by atoms with Crippen molar-refractivity contribution >= 4 is 11.9 Å². The quantitative estimate of drug-likeness (QED) is 0.873. The predicted octanol–water partition coefficient (Wildman–Crippen LogP) is 2.01. The topological polar surface area (TPSA) is 66.8 Å². The molecule has 0 bridgehead atoms. The molecule has 1 atom stereocenters. The van der Waals surface area contributed by atoms with Gasteiger partial charge in [-0.25, -0.2) is 0 Å². The minimum absolute atomic E-state index is 0.201. The summed E-state index contributed by atoms with van der Waals surface area (Å²) in [6.07, 6.45) is 0.201. The number of amides is 1. The van der Waals surface area contributed by atoms with Crippen LogP contribution in [0, 0.1) is 6.92 Å². The zero-order valence-corrected chi connectivity index (χ0v) is 13.7. The average molecular weight is 325 g/mol. The fourth-order valence-corrected chi connectivity index (χ4v) is 3.05. The largest absolute Gasteiger partial charge is 0.468 e. The van der Waals surface area contributed by atoms with E-state index in [2.05, 4.69) is 4.74 Å². The van der Waals surface area contributed by atoms with Gasteiger partial charge in [-0.3, -0.25) is 14.5 Å². The van der Waals surface area contributed by atoms with Crippen molar-refractivity contribution in [2.45, 2.75) is 19.1 Å². The maximum atomic E-state index is 12.7. The van der Waals surface area contributed by atoms with E-state index in [9.17, 15) is 14.7 Å². The van der Waals surface area contributed by atoms with Crippen LogP contribution in [0.15, 0.2) is 48.5 Å². The number of ether oxygens (including phenoxy) is 1. The molecule has 1 unspecified atom stereocenters. The van der Waals surface area contributed by atoms with E-state index >= 15 is 0 Å². The highest BCUT2D eigenvalue weighted by Crippen LogP contribution is 2.39. The second kappa shape index (κ2) is 6.09. The fourth-order valence-electron chi connectivity index (χ4n) is 3.05. The number of fused-ring (bicyclic) bond motifs is 1. The highest BCUT2D eigenvalue weighted by molar-refractivity contribution is 6.01. The van der Waals surface area contributed by atoms with E-state index in [4.69, 9.17) is 0 Å². The summed E-state index contributed by atoms with van der Waals surface area (Å²) in [4.78, 5) is 25.6. The molecule has 3 rings (SSSR count). The lowest BCUT2D eigenvalue weighted by Gasteiger charge is -2.33. The zero-order valence-electron chi connectivity index (χ0n) is 13.7. The Morgan fingerprint density at radius 2 is 1.83 bits per heavy atom. The van der Waals surface area contributed by atoms with Crippen LogP contribution >= 0.6 is 0 Å². The molecule has 1 amide bonds. The number of methoxy groups -OCH3 is 1. The number of carbonyl (C=O) groups excluding carboxylic acids is 2. The smallest absolute Gasteiger partial charge is 0.325 e. The van der Waals surface area contributed by atoms with E-state index in [1.807, 2.05) is 31.2 Å². The molecule has 0 spiro atoms. The van der Waals surface area contributed by atoms with Crippen LogP contribution in [0.2, 0.25) is 0 Å². The van der Waals surface area contributed by atoms with Gasteiger partial charge < -0.3 is 9.84 Å². The molecule has 5 heteroatoms. The number of aryl methyl sites for hydroxylation is 1. The number of benzene rings is 2. The first kappa shape index (κ1) is 16.2. The molecule has 1 heterocycles. The lowest BCUT2D eigenvalue weighted by Crippen LogP contribution is -2.48. The summed E-state index contributed by atoms with van der Waals surface area (Å²) in [5, 5.41) is 11.3. The van der Waals surface area contributed by atoms with Crippen LogP contribution in [0.3, 0.4) is 0 Å². The Morgan fingerprint density at radius 3 is 2.50 bits per heavy atom. The lowest BCUT2D eigenvalue weighted by atomic mass is 9.94.